The molecule has 0 saturated heterocycles. The van der Waals surface area contributed by atoms with E-state index in [-0.39, 0.29) is 0 Å². The highest BCUT2D eigenvalue weighted by Gasteiger charge is 2.22. The van der Waals surface area contributed by atoms with Crippen molar-refractivity contribution in [2.24, 2.45) is 0 Å². The summed E-state index contributed by atoms with van der Waals surface area (Å²) in [5.74, 6) is 0. The zero-order valence-electron chi connectivity index (χ0n) is 19.1. The number of hydrogen-bond acceptors (Lipinski definition) is 6. The fourth-order valence-electron chi connectivity index (χ4n) is 4.98. The molecule has 1 aliphatic carbocycles. The standard InChI is InChI=1S/C21H16.C6H3N3O6/c1-13-6-7-15-12-20-17-5-3-2-4-14(17)8-9-18(20)19-11-10-16(13)21(15)19;10-7(11)4-1-5(8(12)13)3-6(2-4)9(14)15/h2-9,12H,10-11H2,1H3;1-3H. The van der Waals surface area contributed by atoms with Crippen molar-refractivity contribution in [1.82, 2.24) is 0 Å². The summed E-state index contributed by atoms with van der Waals surface area (Å²) in [6.07, 6.45) is 2.39. The average molecular weight is 481 g/mol. The highest BCUT2D eigenvalue weighted by Crippen LogP contribution is 2.40. The van der Waals surface area contributed by atoms with Gasteiger partial charge in [-0.25, -0.2) is 0 Å². The Morgan fingerprint density at radius 3 is 1.75 bits per heavy atom. The minimum Gasteiger partial charge on any atom is -0.258 e. The molecule has 0 spiro atoms. The third kappa shape index (κ3) is 3.86. The van der Waals surface area contributed by atoms with Crippen LogP contribution in [0, 0.1) is 37.3 Å². The lowest BCUT2D eigenvalue weighted by Gasteiger charge is -2.11. The van der Waals surface area contributed by atoms with E-state index in [1.54, 1.807) is 11.1 Å². The Morgan fingerprint density at radius 1 is 0.583 bits per heavy atom. The van der Waals surface area contributed by atoms with Crippen molar-refractivity contribution in [3.63, 3.8) is 0 Å². The van der Waals surface area contributed by atoms with Crippen LogP contribution in [0.1, 0.15) is 16.7 Å². The highest BCUT2D eigenvalue weighted by molar-refractivity contribution is 6.15. The molecule has 0 bridgehead atoms. The third-order valence-electron chi connectivity index (χ3n) is 6.62. The number of rotatable bonds is 3. The summed E-state index contributed by atoms with van der Waals surface area (Å²) in [4.78, 5) is 28.1. The quantitative estimate of drug-likeness (QED) is 0.118. The van der Waals surface area contributed by atoms with Crippen LogP contribution in [0.4, 0.5) is 17.1 Å². The van der Waals surface area contributed by atoms with Gasteiger partial charge in [-0.3, -0.25) is 30.3 Å². The Bertz CT molecular complexity index is 1670. The topological polar surface area (TPSA) is 129 Å². The molecule has 0 aliphatic heterocycles. The largest absolute Gasteiger partial charge is 0.283 e. The first kappa shape index (κ1) is 22.9. The Labute approximate surface area is 204 Å². The summed E-state index contributed by atoms with van der Waals surface area (Å²) < 4.78 is 0. The zero-order chi connectivity index (χ0) is 25.6. The molecule has 5 aromatic carbocycles. The van der Waals surface area contributed by atoms with E-state index >= 15 is 0 Å². The molecule has 0 N–H and O–H groups in total. The lowest BCUT2D eigenvalue weighted by atomic mass is 9.93. The van der Waals surface area contributed by atoms with E-state index < -0.39 is 31.8 Å². The van der Waals surface area contributed by atoms with Crippen LogP contribution >= 0.6 is 0 Å². The molecule has 36 heavy (non-hydrogen) atoms. The fraction of sp³-hybridized carbons (Fsp3) is 0.111. The van der Waals surface area contributed by atoms with Gasteiger partial charge in [0.2, 0.25) is 0 Å². The third-order valence-corrected chi connectivity index (χ3v) is 6.62. The molecule has 9 nitrogen and oxygen atoms in total. The molecule has 0 radical (unpaired) electrons. The lowest BCUT2D eigenvalue weighted by Crippen LogP contribution is -1.96. The summed E-state index contributed by atoms with van der Waals surface area (Å²) in [6, 6.07) is 22.3. The molecule has 9 heteroatoms. The van der Waals surface area contributed by atoms with Gasteiger partial charge in [0.25, 0.3) is 17.1 Å². The molecule has 0 atom stereocenters. The van der Waals surface area contributed by atoms with Crippen LogP contribution in [-0.2, 0) is 12.8 Å². The summed E-state index contributed by atoms with van der Waals surface area (Å²) in [5.41, 5.74) is 2.52. The number of hydrogen-bond donors (Lipinski definition) is 0. The predicted octanol–water partition coefficient (Wildman–Crippen LogP) is 6.96. The Hall–Kier alpha value is -4.92. The van der Waals surface area contributed by atoms with E-state index in [0.717, 1.165) is 0 Å². The predicted molar refractivity (Wildman–Crippen MR) is 138 cm³/mol. The molecular weight excluding hydrogens is 462 g/mol. The van der Waals surface area contributed by atoms with Gasteiger partial charge in [-0.1, -0.05) is 48.5 Å². The molecule has 1 aliphatic rings. The molecule has 0 fully saturated rings. The van der Waals surface area contributed by atoms with Crippen LogP contribution < -0.4 is 0 Å². The minimum atomic E-state index is -0.931. The maximum atomic E-state index is 10.3. The van der Waals surface area contributed by atoms with E-state index in [9.17, 15) is 30.3 Å². The zero-order valence-corrected chi connectivity index (χ0v) is 19.1. The minimum absolute atomic E-state index is 0.660. The molecule has 6 rings (SSSR count). The highest BCUT2D eigenvalue weighted by atomic mass is 16.6. The van der Waals surface area contributed by atoms with Crippen LogP contribution in [0.15, 0.2) is 72.8 Å². The van der Waals surface area contributed by atoms with E-state index in [2.05, 4.69) is 61.5 Å². The van der Waals surface area contributed by atoms with Crippen molar-refractivity contribution in [2.75, 3.05) is 0 Å². The molecule has 0 saturated carbocycles. The summed E-state index contributed by atoms with van der Waals surface area (Å²) in [6.45, 7) is 2.24. The van der Waals surface area contributed by atoms with Crippen molar-refractivity contribution in [3.05, 3.63) is 120 Å². The van der Waals surface area contributed by atoms with Crippen molar-refractivity contribution >= 4 is 49.4 Å². The van der Waals surface area contributed by atoms with Gasteiger partial charge in [0.1, 0.15) is 0 Å². The molecule has 0 amide bonds. The summed E-state index contributed by atoms with van der Waals surface area (Å²) in [5, 5.41) is 39.4. The number of benzene rings is 5. The lowest BCUT2D eigenvalue weighted by molar-refractivity contribution is -0.403. The second-order valence-corrected chi connectivity index (χ2v) is 8.68. The molecule has 0 heterocycles. The van der Waals surface area contributed by atoms with Crippen molar-refractivity contribution in [3.8, 4) is 0 Å². The van der Waals surface area contributed by atoms with E-state index in [0.29, 0.717) is 18.2 Å². The first-order valence-corrected chi connectivity index (χ1v) is 11.2. The van der Waals surface area contributed by atoms with Crippen LogP contribution in [0.3, 0.4) is 0 Å². The number of non-ortho nitro benzene ring substituents is 3. The number of aryl methyl sites for hydroxylation is 3. The molecule has 5 aromatic rings. The second kappa shape index (κ2) is 8.70. The van der Waals surface area contributed by atoms with Gasteiger partial charge in [0.05, 0.1) is 33.0 Å². The van der Waals surface area contributed by atoms with Gasteiger partial charge in [-0.05, 0) is 74.8 Å². The smallest absolute Gasteiger partial charge is 0.258 e. The van der Waals surface area contributed by atoms with Crippen molar-refractivity contribution in [2.45, 2.75) is 19.8 Å². The van der Waals surface area contributed by atoms with Crippen LogP contribution in [0.25, 0.3) is 32.3 Å². The van der Waals surface area contributed by atoms with E-state index in [4.69, 9.17) is 0 Å². The van der Waals surface area contributed by atoms with Gasteiger partial charge >= 0.3 is 0 Å². The molecule has 178 valence electrons. The second-order valence-electron chi connectivity index (χ2n) is 8.68. The Morgan fingerprint density at radius 2 is 1.14 bits per heavy atom. The van der Waals surface area contributed by atoms with Gasteiger partial charge < -0.3 is 0 Å². The van der Waals surface area contributed by atoms with Crippen LogP contribution in [0.5, 0.6) is 0 Å². The number of fused-ring (bicyclic) bond motifs is 4. The van der Waals surface area contributed by atoms with E-state index in [1.165, 1.54) is 50.7 Å². The monoisotopic (exact) mass is 481 g/mol. The average Bonchev–Trinajstić information content (AvgIpc) is 3.33. The summed E-state index contributed by atoms with van der Waals surface area (Å²) in [7, 11) is 0. The Kier molecular flexibility index (Phi) is 5.52. The first-order valence-electron chi connectivity index (χ1n) is 11.2. The van der Waals surface area contributed by atoms with Crippen molar-refractivity contribution < 1.29 is 14.8 Å². The maximum Gasteiger partial charge on any atom is 0.283 e. The fourth-order valence-corrected chi connectivity index (χ4v) is 4.98. The Balaban J connectivity index is 0.000000159. The van der Waals surface area contributed by atoms with Gasteiger partial charge in [-0.2, -0.15) is 0 Å². The number of nitrogens with zero attached hydrogens (tertiary/aromatic N) is 3. The summed E-state index contributed by atoms with van der Waals surface area (Å²) >= 11 is 0. The number of nitro groups is 3. The maximum absolute atomic E-state index is 10.3. The van der Waals surface area contributed by atoms with Crippen molar-refractivity contribution in [1.29, 1.82) is 0 Å². The van der Waals surface area contributed by atoms with E-state index in [1.807, 2.05) is 0 Å². The molecule has 0 aromatic heterocycles. The van der Waals surface area contributed by atoms with Gasteiger partial charge in [0, 0.05) is 0 Å². The van der Waals surface area contributed by atoms with Gasteiger partial charge in [-0.15, -0.1) is 0 Å². The SMILES string of the molecule is Cc1ccc2cc3c(ccc4ccccc43)c3c2c1CC3.O=[N+]([O-])c1cc([N+](=O)[O-])cc([N+](=O)[O-])c1. The molecule has 0 unspecified atom stereocenters. The number of nitro benzene ring substituents is 3. The normalized spacial score (nSPS) is 11.9. The van der Waals surface area contributed by atoms with Crippen LogP contribution in [0.2, 0.25) is 0 Å². The molecular formula is C27H19N3O6. The van der Waals surface area contributed by atoms with Crippen LogP contribution in [-0.4, -0.2) is 14.8 Å². The van der Waals surface area contributed by atoms with Gasteiger partial charge in [0.15, 0.2) is 0 Å². The first-order chi connectivity index (χ1) is 17.2.